The standard InChI is InChI=1S/C14H25NO.2C2H6/c1-12(2)6-5-11-16-14-7-9-15(10-8-14)13(3)4;2*1-2/h12-14H,7-11H2,1-4H3;2*1-2H3. The Balaban J connectivity index is 0. The molecule has 0 aromatic heterocycles. The number of hydrogen-bond acceptors (Lipinski definition) is 2. The van der Waals surface area contributed by atoms with E-state index in [1.54, 1.807) is 0 Å². The van der Waals surface area contributed by atoms with Crippen molar-refractivity contribution in [2.24, 2.45) is 5.92 Å². The molecule has 0 amide bonds. The molecule has 1 aliphatic heterocycles. The lowest BCUT2D eigenvalue weighted by Gasteiger charge is -2.34. The van der Waals surface area contributed by atoms with Crippen LogP contribution in [0, 0.1) is 17.8 Å². The van der Waals surface area contributed by atoms with Crippen molar-refractivity contribution in [1.29, 1.82) is 0 Å². The minimum atomic E-state index is 0.427. The fraction of sp³-hybridized carbons (Fsp3) is 0.889. The molecule has 0 aromatic rings. The minimum Gasteiger partial charge on any atom is -0.365 e. The first kappa shape index (κ1) is 21.8. The third-order valence-electron chi connectivity index (χ3n) is 2.99. The quantitative estimate of drug-likeness (QED) is 0.703. The zero-order chi connectivity index (χ0) is 16.0. The second-order valence-corrected chi connectivity index (χ2v) is 5.12. The van der Waals surface area contributed by atoms with Crippen LogP contribution in [0.3, 0.4) is 0 Å². The van der Waals surface area contributed by atoms with E-state index in [9.17, 15) is 0 Å². The summed E-state index contributed by atoms with van der Waals surface area (Å²) in [5.41, 5.74) is 0. The summed E-state index contributed by atoms with van der Waals surface area (Å²) in [6.45, 7) is 19.7. The van der Waals surface area contributed by atoms with Gasteiger partial charge in [-0.15, -0.1) is 0 Å². The Bertz CT molecular complexity index is 242. The highest BCUT2D eigenvalue weighted by Gasteiger charge is 2.20. The molecular formula is C18H37NO. The van der Waals surface area contributed by atoms with Gasteiger partial charge in [0.15, 0.2) is 0 Å². The first-order valence-corrected chi connectivity index (χ1v) is 8.43. The molecule has 0 spiro atoms. The van der Waals surface area contributed by atoms with Gasteiger partial charge in [-0.25, -0.2) is 0 Å². The van der Waals surface area contributed by atoms with E-state index >= 15 is 0 Å². The molecule has 0 saturated carbocycles. The normalized spacial score (nSPS) is 15.7. The van der Waals surface area contributed by atoms with Crippen molar-refractivity contribution in [2.45, 2.75) is 80.4 Å². The minimum absolute atomic E-state index is 0.427. The Morgan fingerprint density at radius 1 is 1.00 bits per heavy atom. The highest BCUT2D eigenvalue weighted by Crippen LogP contribution is 2.15. The van der Waals surface area contributed by atoms with Gasteiger partial charge in [0.2, 0.25) is 0 Å². The summed E-state index contributed by atoms with van der Waals surface area (Å²) in [6.07, 6.45) is 2.74. The molecule has 0 bridgehead atoms. The Labute approximate surface area is 128 Å². The van der Waals surface area contributed by atoms with E-state index in [1.165, 1.54) is 13.1 Å². The second-order valence-electron chi connectivity index (χ2n) is 5.12. The van der Waals surface area contributed by atoms with Gasteiger partial charge in [-0.3, -0.25) is 0 Å². The van der Waals surface area contributed by atoms with Crippen molar-refractivity contribution in [2.75, 3.05) is 19.7 Å². The van der Waals surface area contributed by atoms with Crippen LogP contribution < -0.4 is 0 Å². The van der Waals surface area contributed by atoms with Crippen LogP contribution in [-0.2, 0) is 4.74 Å². The molecule has 0 aliphatic carbocycles. The maximum Gasteiger partial charge on any atom is 0.108 e. The fourth-order valence-electron chi connectivity index (χ4n) is 1.96. The molecule has 1 saturated heterocycles. The molecule has 1 rings (SSSR count). The van der Waals surface area contributed by atoms with Crippen LogP contribution >= 0.6 is 0 Å². The zero-order valence-corrected chi connectivity index (χ0v) is 15.1. The molecule has 1 aliphatic rings. The zero-order valence-electron chi connectivity index (χ0n) is 15.1. The predicted octanol–water partition coefficient (Wildman–Crippen LogP) is 4.59. The van der Waals surface area contributed by atoms with Crippen molar-refractivity contribution in [1.82, 2.24) is 4.90 Å². The highest BCUT2D eigenvalue weighted by molar-refractivity contribution is 5.01. The van der Waals surface area contributed by atoms with Crippen molar-refractivity contribution in [3.05, 3.63) is 0 Å². The van der Waals surface area contributed by atoms with Crippen LogP contribution in [0.1, 0.15) is 68.2 Å². The van der Waals surface area contributed by atoms with Gasteiger partial charge in [0.1, 0.15) is 6.61 Å². The molecule has 1 heterocycles. The summed E-state index contributed by atoms with van der Waals surface area (Å²) in [5, 5.41) is 0. The van der Waals surface area contributed by atoms with Crippen LogP contribution in [0.2, 0.25) is 0 Å². The van der Waals surface area contributed by atoms with Crippen molar-refractivity contribution < 1.29 is 4.74 Å². The van der Waals surface area contributed by atoms with Gasteiger partial charge in [0, 0.05) is 25.0 Å². The fourth-order valence-corrected chi connectivity index (χ4v) is 1.96. The number of rotatable bonds is 3. The number of piperidine rings is 1. The summed E-state index contributed by atoms with van der Waals surface area (Å²) in [5.74, 6) is 6.66. The van der Waals surface area contributed by atoms with Gasteiger partial charge in [0.25, 0.3) is 0 Å². The van der Waals surface area contributed by atoms with Crippen molar-refractivity contribution >= 4 is 0 Å². The SMILES string of the molecule is CC.CC.CC(C)C#CCOC1CCN(C(C)C)CC1. The molecule has 120 valence electrons. The molecule has 0 radical (unpaired) electrons. The van der Waals surface area contributed by atoms with Crippen LogP contribution in [0.5, 0.6) is 0 Å². The average molecular weight is 284 g/mol. The summed E-state index contributed by atoms with van der Waals surface area (Å²) >= 11 is 0. The van der Waals surface area contributed by atoms with Gasteiger partial charge in [-0.05, 0) is 26.7 Å². The third-order valence-corrected chi connectivity index (χ3v) is 2.99. The Kier molecular flexibility index (Phi) is 16.2. The van der Waals surface area contributed by atoms with Gasteiger partial charge in [-0.1, -0.05) is 53.4 Å². The number of likely N-dealkylation sites (tertiary alicyclic amines) is 1. The molecule has 0 N–H and O–H groups in total. The number of ether oxygens (including phenoxy) is 1. The lowest BCUT2D eigenvalue weighted by Crippen LogP contribution is -2.40. The van der Waals surface area contributed by atoms with Crippen LogP contribution in [-0.4, -0.2) is 36.7 Å². The Hall–Kier alpha value is -0.520. The lowest BCUT2D eigenvalue weighted by atomic mass is 10.1. The summed E-state index contributed by atoms with van der Waals surface area (Å²) in [7, 11) is 0. The van der Waals surface area contributed by atoms with Crippen molar-refractivity contribution in [3.8, 4) is 11.8 Å². The highest BCUT2D eigenvalue weighted by atomic mass is 16.5. The van der Waals surface area contributed by atoms with Crippen LogP contribution in [0.15, 0.2) is 0 Å². The van der Waals surface area contributed by atoms with Gasteiger partial charge in [-0.2, -0.15) is 0 Å². The van der Waals surface area contributed by atoms with Crippen LogP contribution in [0.25, 0.3) is 0 Å². The van der Waals surface area contributed by atoms with Gasteiger partial charge < -0.3 is 9.64 Å². The van der Waals surface area contributed by atoms with Gasteiger partial charge in [0.05, 0.1) is 6.10 Å². The molecule has 1 fully saturated rings. The van der Waals surface area contributed by atoms with E-state index in [0.717, 1.165) is 12.8 Å². The first-order valence-electron chi connectivity index (χ1n) is 8.43. The molecule has 2 heteroatoms. The monoisotopic (exact) mass is 283 g/mol. The molecule has 0 unspecified atom stereocenters. The maximum atomic E-state index is 5.76. The average Bonchev–Trinajstić information content (AvgIpc) is 2.48. The summed E-state index contributed by atoms with van der Waals surface area (Å²) in [6, 6.07) is 0.668. The third kappa shape index (κ3) is 11.3. The molecule has 20 heavy (non-hydrogen) atoms. The second kappa shape index (κ2) is 14.9. The van der Waals surface area contributed by atoms with Gasteiger partial charge >= 0.3 is 0 Å². The lowest BCUT2D eigenvalue weighted by molar-refractivity contribution is 0.0170. The van der Waals surface area contributed by atoms with E-state index in [-0.39, 0.29) is 0 Å². The topological polar surface area (TPSA) is 12.5 Å². The maximum absolute atomic E-state index is 5.76. The largest absolute Gasteiger partial charge is 0.365 e. The Morgan fingerprint density at radius 2 is 1.50 bits per heavy atom. The van der Waals surface area contributed by atoms with Crippen molar-refractivity contribution in [3.63, 3.8) is 0 Å². The van der Waals surface area contributed by atoms with E-state index in [2.05, 4.69) is 44.4 Å². The Morgan fingerprint density at radius 3 is 1.90 bits per heavy atom. The van der Waals surface area contributed by atoms with E-state index in [1.807, 2.05) is 27.7 Å². The molecule has 2 nitrogen and oxygen atoms in total. The summed E-state index contributed by atoms with van der Waals surface area (Å²) in [4.78, 5) is 2.51. The van der Waals surface area contributed by atoms with E-state index in [0.29, 0.717) is 24.7 Å². The smallest absolute Gasteiger partial charge is 0.108 e. The van der Waals surface area contributed by atoms with E-state index in [4.69, 9.17) is 4.74 Å². The number of nitrogens with zero attached hydrogens (tertiary/aromatic N) is 1. The van der Waals surface area contributed by atoms with Crippen LogP contribution in [0.4, 0.5) is 0 Å². The number of hydrogen-bond donors (Lipinski definition) is 0. The molecule has 0 atom stereocenters. The predicted molar refractivity (Wildman–Crippen MR) is 91.0 cm³/mol. The first-order chi connectivity index (χ1) is 9.59. The van der Waals surface area contributed by atoms with E-state index < -0.39 is 0 Å². The molecule has 0 aromatic carbocycles. The molecular weight excluding hydrogens is 246 g/mol. The summed E-state index contributed by atoms with van der Waals surface area (Å²) < 4.78 is 5.76.